The SMILES string of the molecule is Cn1nnnc1C1CCN(C(C)(C)C)CC1. The predicted molar refractivity (Wildman–Crippen MR) is 62.1 cm³/mol. The number of hydrogen-bond donors (Lipinski definition) is 0. The average Bonchev–Trinajstić information content (AvgIpc) is 2.63. The lowest BCUT2D eigenvalue weighted by Gasteiger charge is -2.40. The second-order valence-corrected chi connectivity index (χ2v) is 5.59. The average molecular weight is 223 g/mol. The van der Waals surface area contributed by atoms with Crippen LogP contribution in [0.15, 0.2) is 0 Å². The lowest BCUT2D eigenvalue weighted by molar-refractivity contribution is 0.100. The quantitative estimate of drug-likeness (QED) is 0.717. The summed E-state index contributed by atoms with van der Waals surface area (Å²) >= 11 is 0. The van der Waals surface area contributed by atoms with E-state index >= 15 is 0 Å². The molecule has 1 aromatic rings. The summed E-state index contributed by atoms with van der Waals surface area (Å²) in [6.07, 6.45) is 2.32. The Hall–Kier alpha value is -0.970. The molecule has 1 aromatic heterocycles. The van der Waals surface area contributed by atoms with Crippen LogP contribution in [0.4, 0.5) is 0 Å². The van der Waals surface area contributed by atoms with E-state index in [-0.39, 0.29) is 5.54 Å². The third-order valence-corrected chi connectivity index (χ3v) is 3.46. The van der Waals surface area contributed by atoms with Gasteiger partial charge in [-0.15, -0.1) is 5.10 Å². The fraction of sp³-hybridized carbons (Fsp3) is 0.909. The zero-order valence-electron chi connectivity index (χ0n) is 10.6. The van der Waals surface area contributed by atoms with Crippen molar-refractivity contribution >= 4 is 0 Å². The smallest absolute Gasteiger partial charge is 0.154 e. The minimum Gasteiger partial charge on any atom is -0.298 e. The van der Waals surface area contributed by atoms with Gasteiger partial charge in [0, 0.05) is 18.5 Å². The number of hydrogen-bond acceptors (Lipinski definition) is 4. The summed E-state index contributed by atoms with van der Waals surface area (Å²) in [5.41, 5.74) is 0.281. The summed E-state index contributed by atoms with van der Waals surface area (Å²) < 4.78 is 1.80. The second kappa shape index (κ2) is 4.13. The lowest BCUT2D eigenvalue weighted by atomic mass is 9.92. The van der Waals surface area contributed by atoms with Crippen LogP contribution in [-0.2, 0) is 7.05 Å². The number of aromatic nitrogens is 4. The van der Waals surface area contributed by atoms with E-state index in [0.717, 1.165) is 31.8 Å². The zero-order valence-corrected chi connectivity index (χ0v) is 10.6. The Kier molecular flexibility index (Phi) is 2.97. The molecule has 0 bridgehead atoms. The van der Waals surface area contributed by atoms with Gasteiger partial charge in [0.15, 0.2) is 5.82 Å². The standard InChI is InChI=1S/C11H21N5/c1-11(2,3)16-7-5-9(6-8-16)10-12-13-14-15(10)4/h9H,5-8H2,1-4H3. The van der Waals surface area contributed by atoms with Gasteiger partial charge >= 0.3 is 0 Å². The minimum absolute atomic E-state index is 0.281. The highest BCUT2D eigenvalue weighted by molar-refractivity contribution is 4.97. The Bertz CT molecular complexity index is 344. The Labute approximate surface area is 96.8 Å². The third kappa shape index (κ3) is 2.24. The normalized spacial score (nSPS) is 20.2. The monoisotopic (exact) mass is 223 g/mol. The Balaban J connectivity index is 1.98. The van der Waals surface area contributed by atoms with E-state index in [1.165, 1.54) is 0 Å². The first-order valence-electron chi connectivity index (χ1n) is 5.96. The number of rotatable bonds is 1. The molecule has 0 N–H and O–H groups in total. The van der Waals surface area contributed by atoms with Crippen molar-refractivity contribution in [2.24, 2.45) is 7.05 Å². The fourth-order valence-electron chi connectivity index (χ4n) is 2.39. The first-order chi connectivity index (χ1) is 7.48. The first kappa shape index (κ1) is 11.5. The Morgan fingerprint density at radius 2 is 1.81 bits per heavy atom. The molecule has 0 aromatic carbocycles. The van der Waals surface area contributed by atoms with Crippen molar-refractivity contribution in [3.05, 3.63) is 5.82 Å². The molecule has 0 radical (unpaired) electrons. The third-order valence-electron chi connectivity index (χ3n) is 3.46. The van der Waals surface area contributed by atoms with Crippen LogP contribution in [0.3, 0.4) is 0 Å². The highest BCUT2D eigenvalue weighted by atomic mass is 15.5. The van der Waals surface area contributed by atoms with Crippen molar-refractivity contribution < 1.29 is 0 Å². The van der Waals surface area contributed by atoms with Gasteiger partial charge in [0.1, 0.15) is 0 Å². The molecule has 0 aliphatic carbocycles. The molecule has 1 aliphatic rings. The van der Waals surface area contributed by atoms with Crippen LogP contribution in [0.1, 0.15) is 45.4 Å². The van der Waals surface area contributed by atoms with Crippen molar-refractivity contribution in [2.45, 2.75) is 45.1 Å². The molecule has 5 heteroatoms. The van der Waals surface area contributed by atoms with Crippen LogP contribution in [0.25, 0.3) is 0 Å². The predicted octanol–water partition coefficient (Wildman–Crippen LogP) is 1.19. The maximum absolute atomic E-state index is 4.11. The van der Waals surface area contributed by atoms with Crippen LogP contribution in [0, 0.1) is 0 Å². The maximum Gasteiger partial charge on any atom is 0.154 e. The number of tetrazole rings is 1. The van der Waals surface area contributed by atoms with E-state index in [0.29, 0.717) is 5.92 Å². The van der Waals surface area contributed by atoms with Crippen LogP contribution < -0.4 is 0 Å². The minimum atomic E-state index is 0.281. The topological polar surface area (TPSA) is 46.8 Å². The molecule has 1 saturated heterocycles. The van der Waals surface area contributed by atoms with Gasteiger partial charge in [-0.25, -0.2) is 4.68 Å². The molecule has 0 atom stereocenters. The fourth-order valence-corrected chi connectivity index (χ4v) is 2.39. The molecule has 1 fully saturated rings. The lowest BCUT2D eigenvalue weighted by Crippen LogP contribution is -2.45. The molecule has 0 spiro atoms. The van der Waals surface area contributed by atoms with Gasteiger partial charge in [-0.1, -0.05) is 0 Å². The molecular weight excluding hydrogens is 202 g/mol. The van der Waals surface area contributed by atoms with Crippen molar-refractivity contribution in [2.75, 3.05) is 13.1 Å². The van der Waals surface area contributed by atoms with Gasteiger partial charge in [0.25, 0.3) is 0 Å². The summed E-state index contributed by atoms with van der Waals surface area (Å²) in [7, 11) is 1.92. The van der Waals surface area contributed by atoms with E-state index < -0.39 is 0 Å². The highest BCUT2D eigenvalue weighted by Crippen LogP contribution is 2.29. The first-order valence-corrected chi connectivity index (χ1v) is 5.96. The van der Waals surface area contributed by atoms with Crippen molar-refractivity contribution in [1.29, 1.82) is 0 Å². The molecule has 5 nitrogen and oxygen atoms in total. The Morgan fingerprint density at radius 3 is 2.25 bits per heavy atom. The van der Waals surface area contributed by atoms with Crippen LogP contribution in [0.5, 0.6) is 0 Å². The van der Waals surface area contributed by atoms with E-state index in [1.807, 2.05) is 7.05 Å². The zero-order chi connectivity index (χ0) is 11.8. The van der Waals surface area contributed by atoms with Gasteiger partial charge in [-0.2, -0.15) is 0 Å². The van der Waals surface area contributed by atoms with Gasteiger partial charge in [0.2, 0.25) is 0 Å². The van der Waals surface area contributed by atoms with E-state index in [4.69, 9.17) is 0 Å². The van der Waals surface area contributed by atoms with Gasteiger partial charge in [0.05, 0.1) is 0 Å². The van der Waals surface area contributed by atoms with E-state index in [1.54, 1.807) is 4.68 Å². The summed E-state index contributed by atoms with van der Waals surface area (Å²) in [5.74, 6) is 1.56. The van der Waals surface area contributed by atoms with Gasteiger partial charge in [-0.05, 0) is 57.1 Å². The summed E-state index contributed by atoms with van der Waals surface area (Å²) in [4.78, 5) is 2.54. The molecule has 2 rings (SSSR count). The molecule has 0 amide bonds. The maximum atomic E-state index is 4.11. The van der Waals surface area contributed by atoms with Crippen LogP contribution >= 0.6 is 0 Å². The molecule has 90 valence electrons. The van der Waals surface area contributed by atoms with E-state index in [9.17, 15) is 0 Å². The molecule has 16 heavy (non-hydrogen) atoms. The summed E-state index contributed by atoms with van der Waals surface area (Å²) in [6, 6.07) is 0. The molecule has 1 aliphatic heterocycles. The number of aryl methyl sites for hydroxylation is 1. The highest BCUT2D eigenvalue weighted by Gasteiger charge is 2.29. The van der Waals surface area contributed by atoms with Crippen LogP contribution in [0.2, 0.25) is 0 Å². The number of nitrogens with zero attached hydrogens (tertiary/aromatic N) is 5. The summed E-state index contributed by atoms with van der Waals surface area (Å²) in [6.45, 7) is 9.10. The molecular formula is C11H21N5. The van der Waals surface area contributed by atoms with Crippen molar-refractivity contribution in [3.8, 4) is 0 Å². The summed E-state index contributed by atoms with van der Waals surface area (Å²) in [5, 5.41) is 11.7. The molecule has 0 saturated carbocycles. The number of piperidine rings is 1. The van der Waals surface area contributed by atoms with Crippen LogP contribution in [-0.4, -0.2) is 43.7 Å². The van der Waals surface area contributed by atoms with E-state index in [2.05, 4.69) is 41.2 Å². The Morgan fingerprint density at radius 1 is 1.19 bits per heavy atom. The van der Waals surface area contributed by atoms with Crippen molar-refractivity contribution in [1.82, 2.24) is 25.1 Å². The molecule has 0 unspecified atom stereocenters. The van der Waals surface area contributed by atoms with Gasteiger partial charge in [-0.3, -0.25) is 4.90 Å². The second-order valence-electron chi connectivity index (χ2n) is 5.59. The largest absolute Gasteiger partial charge is 0.298 e. The molecule has 2 heterocycles. The van der Waals surface area contributed by atoms with Crippen molar-refractivity contribution in [3.63, 3.8) is 0 Å². The number of likely N-dealkylation sites (tertiary alicyclic amines) is 1. The van der Waals surface area contributed by atoms with Gasteiger partial charge < -0.3 is 0 Å².